The summed E-state index contributed by atoms with van der Waals surface area (Å²) in [4.78, 5) is 40.6. The van der Waals surface area contributed by atoms with Gasteiger partial charge in [0.25, 0.3) is 11.5 Å². The minimum Gasteiger partial charge on any atom is -0.386 e. The van der Waals surface area contributed by atoms with Gasteiger partial charge in [-0.25, -0.2) is 4.39 Å². The highest BCUT2D eigenvalue weighted by Gasteiger charge is 2.26. The van der Waals surface area contributed by atoms with Crippen molar-refractivity contribution >= 4 is 23.1 Å². The Morgan fingerprint density at radius 3 is 2.31 bits per heavy atom. The van der Waals surface area contributed by atoms with Gasteiger partial charge < -0.3 is 20.0 Å². The van der Waals surface area contributed by atoms with Crippen molar-refractivity contribution in [3.63, 3.8) is 0 Å². The highest BCUT2D eigenvalue weighted by molar-refractivity contribution is 6.03. The molecule has 1 amide bonds. The molecule has 7 nitrogen and oxygen atoms in total. The van der Waals surface area contributed by atoms with Crippen LogP contribution < -0.4 is 10.9 Å². The molecule has 0 fully saturated rings. The van der Waals surface area contributed by atoms with Crippen molar-refractivity contribution in [3.05, 3.63) is 128 Å². The first-order chi connectivity index (χ1) is 21.3. The number of hydrogen-bond acceptors (Lipinski definition) is 4. The molecule has 0 saturated carbocycles. The predicted octanol–water partition coefficient (Wildman–Crippen LogP) is 6.80. The SMILES string of the molecule is CCC(c1ccc(C(C)(C)O)cc1-c1cn(C)c(=O)c2[nH]c(C(=O)NCc3ccc(C=O)cc3)cc12)c1c(C)cc(F)cc1C. The number of rotatable bonds is 9. The van der Waals surface area contributed by atoms with E-state index in [0.29, 0.717) is 16.5 Å². The average molecular weight is 608 g/mol. The van der Waals surface area contributed by atoms with Gasteiger partial charge in [-0.05, 0) is 97.3 Å². The van der Waals surface area contributed by atoms with Gasteiger partial charge in [0, 0.05) is 42.2 Å². The minimum absolute atomic E-state index is 0.101. The van der Waals surface area contributed by atoms with E-state index in [1.807, 2.05) is 32.0 Å². The molecule has 3 aromatic carbocycles. The molecule has 0 aliphatic rings. The number of fused-ring (bicyclic) bond motifs is 1. The van der Waals surface area contributed by atoms with Crippen LogP contribution in [0.25, 0.3) is 22.0 Å². The van der Waals surface area contributed by atoms with Gasteiger partial charge in [-0.3, -0.25) is 14.4 Å². The van der Waals surface area contributed by atoms with Gasteiger partial charge in [0.05, 0.1) is 5.60 Å². The molecule has 8 heteroatoms. The quantitative estimate of drug-likeness (QED) is 0.160. The maximum Gasteiger partial charge on any atom is 0.274 e. The molecule has 45 heavy (non-hydrogen) atoms. The predicted molar refractivity (Wildman–Crippen MR) is 175 cm³/mol. The zero-order valence-electron chi connectivity index (χ0n) is 26.4. The Labute approximate surface area is 261 Å². The van der Waals surface area contributed by atoms with Gasteiger partial charge >= 0.3 is 0 Å². The summed E-state index contributed by atoms with van der Waals surface area (Å²) in [7, 11) is 1.67. The van der Waals surface area contributed by atoms with E-state index in [4.69, 9.17) is 0 Å². The zero-order chi connectivity index (χ0) is 32.6. The molecule has 0 spiro atoms. The summed E-state index contributed by atoms with van der Waals surface area (Å²) in [6.07, 6.45) is 3.25. The molecule has 0 radical (unpaired) electrons. The third-order valence-corrected chi connectivity index (χ3v) is 8.52. The summed E-state index contributed by atoms with van der Waals surface area (Å²) in [5.41, 5.74) is 6.41. The van der Waals surface area contributed by atoms with Crippen molar-refractivity contribution in [1.82, 2.24) is 14.9 Å². The number of pyridine rings is 1. The molecule has 232 valence electrons. The number of H-pyrrole nitrogens is 1. The molecular weight excluding hydrogens is 569 g/mol. The van der Waals surface area contributed by atoms with E-state index in [1.165, 1.54) is 4.57 Å². The lowest BCUT2D eigenvalue weighted by molar-refractivity contribution is 0.0786. The molecule has 0 aliphatic carbocycles. The lowest BCUT2D eigenvalue weighted by atomic mass is 9.79. The summed E-state index contributed by atoms with van der Waals surface area (Å²) >= 11 is 0. The van der Waals surface area contributed by atoms with Gasteiger partial charge in [-0.2, -0.15) is 0 Å². The molecule has 0 bridgehead atoms. The topological polar surface area (TPSA) is 104 Å². The first-order valence-electron chi connectivity index (χ1n) is 15.0. The second kappa shape index (κ2) is 12.3. The van der Waals surface area contributed by atoms with E-state index < -0.39 is 5.60 Å². The molecule has 5 rings (SSSR count). The molecule has 3 N–H and O–H groups in total. The number of nitrogens with zero attached hydrogens (tertiary/aromatic N) is 1. The highest BCUT2D eigenvalue weighted by atomic mass is 19.1. The Kier molecular flexibility index (Phi) is 8.63. The standard InChI is InChI=1S/C37H38FN3O4/c1-7-27(33-21(2)14-26(38)15-22(33)3)28-13-12-25(37(4,5)45)16-29(28)31-19-41(6)36(44)34-30(31)17-32(40-34)35(43)39-18-23-8-10-24(20-42)11-9-23/h8-17,19-20,27,40,45H,7,18H2,1-6H3,(H,39,43). The summed E-state index contributed by atoms with van der Waals surface area (Å²) < 4.78 is 15.8. The fourth-order valence-electron chi connectivity index (χ4n) is 6.19. The Hall–Kier alpha value is -4.82. The Balaban J connectivity index is 1.66. The molecular formula is C37H38FN3O4. The van der Waals surface area contributed by atoms with Crippen LogP contribution in [0.1, 0.15) is 87.3 Å². The van der Waals surface area contributed by atoms with E-state index in [2.05, 4.69) is 17.2 Å². The van der Waals surface area contributed by atoms with Crippen molar-refractivity contribution in [1.29, 1.82) is 0 Å². The number of nitrogens with one attached hydrogen (secondary N) is 2. The van der Waals surface area contributed by atoms with Crippen LogP contribution in [0.2, 0.25) is 0 Å². The van der Waals surface area contributed by atoms with E-state index in [1.54, 1.807) is 69.6 Å². The number of benzene rings is 3. The number of aldehydes is 1. The van der Waals surface area contributed by atoms with Crippen LogP contribution in [0, 0.1) is 19.7 Å². The summed E-state index contributed by atoms with van der Waals surface area (Å²) in [6, 6.07) is 17.6. The van der Waals surface area contributed by atoms with E-state index >= 15 is 0 Å². The van der Waals surface area contributed by atoms with Gasteiger partial charge in [0.2, 0.25) is 0 Å². The van der Waals surface area contributed by atoms with Crippen LogP contribution in [-0.4, -0.2) is 26.9 Å². The summed E-state index contributed by atoms with van der Waals surface area (Å²) in [5, 5.41) is 14.4. The molecule has 0 aliphatic heterocycles. The number of hydrogen-bond donors (Lipinski definition) is 3. The monoisotopic (exact) mass is 607 g/mol. The van der Waals surface area contributed by atoms with Gasteiger partial charge in [-0.1, -0.05) is 43.3 Å². The van der Waals surface area contributed by atoms with Gasteiger partial charge in [0.1, 0.15) is 23.3 Å². The minimum atomic E-state index is -1.14. The first-order valence-corrected chi connectivity index (χ1v) is 15.0. The van der Waals surface area contributed by atoms with Crippen LogP contribution in [0.15, 0.2) is 71.7 Å². The fourth-order valence-corrected chi connectivity index (χ4v) is 6.19. The van der Waals surface area contributed by atoms with Crippen molar-refractivity contribution in [2.75, 3.05) is 0 Å². The molecule has 5 aromatic rings. The molecule has 0 saturated heterocycles. The van der Waals surface area contributed by atoms with Crippen LogP contribution in [0.4, 0.5) is 4.39 Å². The number of aryl methyl sites for hydroxylation is 3. The van der Waals surface area contributed by atoms with Crippen molar-refractivity contribution in [3.8, 4) is 11.1 Å². The van der Waals surface area contributed by atoms with Crippen LogP contribution in [-0.2, 0) is 19.2 Å². The molecule has 1 unspecified atom stereocenters. The van der Waals surface area contributed by atoms with Crippen LogP contribution in [0.3, 0.4) is 0 Å². The Morgan fingerprint density at radius 2 is 1.71 bits per heavy atom. The number of aromatic amines is 1. The van der Waals surface area contributed by atoms with Gasteiger partial charge in [-0.15, -0.1) is 0 Å². The lowest BCUT2D eigenvalue weighted by Gasteiger charge is -2.26. The third kappa shape index (κ3) is 6.24. The number of halogens is 1. The van der Waals surface area contributed by atoms with Crippen molar-refractivity contribution < 1.29 is 19.1 Å². The van der Waals surface area contributed by atoms with E-state index in [0.717, 1.165) is 51.7 Å². The second-order valence-electron chi connectivity index (χ2n) is 12.2. The number of carbonyl (C=O) groups excluding carboxylic acids is 2. The number of aliphatic hydroxyl groups is 1. The summed E-state index contributed by atoms with van der Waals surface area (Å²) in [5.74, 6) is -0.763. The second-order valence-corrected chi connectivity index (χ2v) is 12.2. The number of carbonyl (C=O) groups is 2. The van der Waals surface area contributed by atoms with Gasteiger partial charge in [0.15, 0.2) is 0 Å². The van der Waals surface area contributed by atoms with Crippen molar-refractivity contribution in [2.24, 2.45) is 7.05 Å². The van der Waals surface area contributed by atoms with E-state index in [9.17, 15) is 23.9 Å². The van der Waals surface area contributed by atoms with Crippen LogP contribution in [0.5, 0.6) is 0 Å². The smallest absolute Gasteiger partial charge is 0.274 e. The van der Waals surface area contributed by atoms with Crippen molar-refractivity contribution in [2.45, 2.75) is 59.1 Å². The largest absolute Gasteiger partial charge is 0.386 e. The fraction of sp³-hybridized carbons (Fsp3) is 0.270. The highest BCUT2D eigenvalue weighted by Crippen LogP contribution is 2.41. The zero-order valence-corrected chi connectivity index (χ0v) is 26.4. The summed E-state index contributed by atoms with van der Waals surface area (Å²) in [6.45, 7) is 9.60. The van der Waals surface area contributed by atoms with E-state index in [-0.39, 0.29) is 41.0 Å². The number of aromatic nitrogens is 2. The average Bonchev–Trinajstić information content (AvgIpc) is 3.45. The molecule has 2 aromatic heterocycles. The third-order valence-electron chi connectivity index (χ3n) is 8.52. The first kappa shape index (κ1) is 31.6. The number of amides is 1. The maximum absolute atomic E-state index is 14.3. The molecule has 1 atom stereocenters. The maximum atomic E-state index is 14.3. The Bertz CT molecular complexity index is 1960. The van der Waals surface area contributed by atoms with Crippen LogP contribution >= 0.6 is 0 Å². The normalized spacial score (nSPS) is 12.4. The Morgan fingerprint density at radius 1 is 1.04 bits per heavy atom. The molecule has 2 heterocycles. The lowest BCUT2D eigenvalue weighted by Crippen LogP contribution is -2.23.